The second-order valence-electron chi connectivity index (χ2n) is 4.19. The van der Waals surface area contributed by atoms with E-state index in [1.807, 2.05) is 0 Å². The van der Waals surface area contributed by atoms with Crippen LogP contribution in [0.2, 0.25) is 0 Å². The Morgan fingerprint density at radius 1 is 1.36 bits per heavy atom. The summed E-state index contributed by atoms with van der Waals surface area (Å²) in [7, 11) is 2.14. The Labute approximate surface area is 87.1 Å². The van der Waals surface area contributed by atoms with Crippen molar-refractivity contribution >= 4 is 5.78 Å². The third-order valence-electron chi connectivity index (χ3n) is 2.91. The smallest absolute Gasteiger partial charge is 0.131 e. The molecule has 0 aromatic rings. The summed E-state index contributed by atoms with van der Waals surface area (Å²) in [5, 5.41) is 0. The van der Waals surface area contributed by atoms with Gasteiger partial charge in [-0.3, -0.25) is 9.69 Å². The third-order valence-corrected chi connectivity index (χ3v) is 2.91. The van der Waals surface area contributed by atoms with Crippen LogP contribution in [0.5, 0.6) is 0 Å². The van der Waals surface area contributed by atoms with Crippen LogP contribution in [-0.4, -0.2) is 54.9 Å². The summed E-state index contributed by atoms with van der Waals surface area (Å²) in [6.07, 6.45) is 1.50. The van der Waals surface area contributed by atoms with Crippen LogP contribution in [0.3, 0.4) is 0 Å². The molecule has 3 nitrogen and oxygen atoms in total. The fourth-order valence-corrected chi connectivity index (χ4v) is 1.93. The molecule has 0 bridgehead atoms. The maximum Gasteiger partial charge on any atom is 0.131 e. The Hall–Kier alpha value is -0.410. The van der Waals surface area contributed by atoms with Crippen molar-refractivity contribution in [2.75, 3.05) is 33.2 Å². The van der Waals surface area contributed by atoms with Crippen LogP contribution in [0.1, 0.15) is 19.8 Å². The van der Waals surface area contributed by atoms with Crippen LogP contribution in [0.25, 0.3) is 0 Å². The van der Waals surface area contributed by atoms with E-state index in [4.69, 9.17) is 0 Å². The van der Waals surface area contributed by atoms with Gasteiger partial charge in [-0.15, -0.1) is 0 Å². The minimum Gasteiger partial charge on any atom is -0.304 e. The average Bonchev–Trinajstić information content (AvgIpc) is 2.15. The molecule has 1 aliphatic heterocycles. The number of hydrogen-bond acceptors (Lipinski definition) is 3. The number of piperazine rings is 1. The Morgan fingerprint density at radius 2 is 1.93 bits per heavy atom. The van der Waals surface area contributed by atoms with E-state index >= 15 is 0 Å². The zero-order valence-corrected chi connectivity index (χ0v) is 9.33. The van der Waals surface area contributed by atoms with Gasteiger partial charge in [0.05, 0.1) is 0 Å². The van der Waals surface area contributed by atoms with Gasteiger partial charge in [-0.2, -0.15) is 0 Å². The van der Waals surface area contributed by atoms with Gasteiger partial charge in [-0.1, -0.05) is 6.92 Å². The fourth-order valence-electron chi connectivity index (χ4n) is 1.93. The molecule has 1 unspecified atom stereocenters. The largest absolute Gasteiger partial charge is 0.304 e. The number of likely N-dealkylation sites (N-methyl/N-ethyl adjacent to an activating group) is 1. The monoisotopic (exact) mass is 197 g/mol. The molecule has 1 aliphatic rings. The van der Waals surface area contributed by atoms with E-state index in [0.29, 0.717) is 12.5 Å². The van der Waals surface area contributed by atoms with Crippen molar-refractivity contribution in [3.63, 3.8) is 0 Å². The van der Waals surface area contributed by atoms with Crippen molar-refractivity contribution in [2.45, 2.75) is 25.8 Å². The Bertz CT molecular complexity index is 186. The van der Waals surface area contributed by atoms with E-state index in [2.05, 4.69) is 23.8 Å². The van der Waals surface area contributed by atoms with E-state index in [1.54, 1.807) is 6.92 Å². The van der Waals surface area contributed by atoms with Crippen LogP contribution < -0.4 is 0 Å². The third kappa shape index (κ3) is 3.39. The van der Waals surface area contributed by atoms with Gasteiger partial charge in [-0.25, -0.2) is 0 Å². The molecule has 1 heterocycles. The maximum absolute atomic E-state index is 11.1. The van der Waals surface area contributed by atoms with E-state index in [9.17, 15) is 4.79 Å². The standard InChI is InChI=1S/C11H21N2O/c1-4-11(9-10(2)14)13-7-5-12(3)6-8-13/h11H,1,4-9H2,2-3H3. The van der Waals surface area contributed by atoms with Gasteiger partial charge in [0.1, 0.15) is 5.78 Å². The van der Waals surface area contributed by atoms with Gasteiger partial charge in [-0.05, 0) is 20.4 Å². The first-order chi connectivity index (χ1) is 6.63. The molecule has 1 radical (unpaired) electrons. The summed E-state index contributed by atoms with van der Waals surface area (Å²) < 4.78 is 0. The first-order valence-electron chi connectivity index (χ1n) is 5.34. The summed E-state index contributed by atoms with van der Waals surface area (Å²) in [4.78, 5) is 15.8. The molecule has 0 aromatic carbocycles. The normalized spacial score (nSPS) is 22.2. The molecule has 1 atom stereocenters. The molecule has 0 amide bonds. The van der Waals surface area contributed by atoms with E-state index < -0.39 is 0 Å². The van der Waals surface area contributed by atoms with Crippen LogP contribution in [0.15, 0.2) is 0 Å². The topological polar surface area (TPSA) is 23.6 Å². The predicted octanol–water partition coefficient (Wildman–Crippen LogP) is 0.806. The zero-order valence-electron chi connectivity index (χ0n) is 9.33. The van der Waals surface area contributed by atoms with Crippen LogP contribution in [-0.2, 0) is 4.79 Å². The lowest BCUT2D eigenvalue weighted by Crippen LogP contribution is -2.49. The van der Waals surface area contributed by atoms with Gasteiger partial charge in [0.25, 0.3) is 0 Å². The summed E-state index contributed by atoms with van der Waals surface area (Å²) >= 11 is 0. The molecule has 0 aromatic heterocycles. The number of carbonyl (C=O) groups excluding carboxylic acids is 1. The number of rotatable bonds is 4. The molecular formula is C11H21N2O. The quantitative estimate of drug-likeness (QED) is 0.666. The van der Waals surface area contributed by atoms with Crippen LogP contribution in [0.4, 0.5) is 0 Å². The number of carbonyl (C=O) groups is 1. The Morgan fingerprint density at radius 3 is 2.36 bits per heavy atom. The molecule has 3 heteroatoms. The van der Waals surface area contributed by atoms with Crippen molar-refractivity contribution in [1.82, 2.24) is 9.80 Å². The fraction of sp³-hybridized carbons (Fsp3) is 0.818. The first-order valence-corrected chi connectivity index (χ1v) is 5.34. The molecule has 1 saturated heterocycles. The number of ketones is 1. The molecule has 14 heavy (non-hydrogen) atoms. The maximum atomic E-state index is 11.1. The molecule has 1 rings (SSSR count). The molecule has 0 saturated carbocycles. The van der Waals surface area contributed by atoms with Gasteiger partial charge in [0, 0.05) is 38.6 Å². The Balaban J connectivity index is 2.40. The van der Waals surface area contributed by atoms with Crippen molar-refractivity contribution in [2.24, 2.45) is 0 Å². The highest BCUT2D eigenvalue weighted by atomic mass is 16.1. The summed E-state index contributed by atoms with van der Waals surface area (Å²) in [6, 6.07) is 0.362. The lowest BCUT2D eigenvalue weighted by molar-refractivity contribution is -0.118. The molecule has 0 N–H and O–H groups in total. The molecule has 1 fully saturated rings. The second-order valence-corrected chi connectivity index (χ2v) is 4.19. The van der Waals surface area contributed by atoms with Crippen LogP contribution >= 0.6 is 0 Å². The number of nitrogens with zero attached hydrogens (tertiary/aromatic N) is 2. The lowest BCUT2D eigenvalue weighted by atomic mass is 10.1. The van der Waals surface area contributed by atoms with Crippen molar-refractivity contribution < 1.29 is 4.79 Å². The summed E-state index contributed by atoms with van der Waals surface area (Å²) in [5.74, 6) is 0.276. The van der Waals surface area contributed by atoms with Gasteiger partial charge >= 0.3 is 0 Å². The SMILES string of the molecule is [CH2]CC(CC(C)=O)N1CCN(C)CC1. The van der Waals surface area contributed by atoms with E-state index in [0.717, 1.165) is 32.6 Å². The van der Waals surface area contributed by atoms with Gasteiger partial charge in [0.15, 0.2) is 0 Å². The molecule has 81 valence electrons. The molecule has 0 spiro atoms. The predicted molar refractivity (Wildman–Crippen MR) is 58.1 cm³/mol. The minimum absolute atomic E-state index is 0.276. The summed E-state index contributed by atoms with van der Waals surface area (Å²) in [6.45, 7) is 9.95. The summed E-state index contributed by atoms with van der Waals surface area (Å²) in [5.41, 5.74) is 0. The lowest BCUT2D eigenvalue weighted by Gasteiger charge is -2.37. The van der Waals surface area contributed by atoms with Gasteiger partial charge < -0.3 is 4.90 Å². The average molecular weight is 197 g/mol. The highest BCUT2D eigenvalue weighted by Gasteiger charge is 2.21. The number of Topliss-reactive ketones (excluding diaryl/α,β-unsaturated/α-hetero) is 1. The number of hydrogen-bond donors (Lipinski definition) is 0. The first kappa shape index (κ1) is 11.7. The minimum atomic E-state index is 0.276. The Kier molecular flexibility index (Phi) is 4.55. The van der Waals surface area contributed by atoms with E-state index in [1.165, 1.54) is 0 Å². The van der Waals surface area contributed by atoms with Crippen molar-refractivity contribution in [3.8, 4) is 0 Å². The highest BCUT2D eigenvalue weighted by molar-refractivity contribution is 5.76. The second kappa shape index (κ2) is 5.47. The van der Waals surface area contributed by atoms with Gasteiger partial charge in [0.2, 0.25) is 0 Å². The molecule has 0 aliphatic carbocycles. The molecular weight excluding hydrogens is 176 g/mol. The van der Waals surface area contributed by atoms with E-state index in [-0.39, 0.29) is 5.78 Å². The zero-order chi connectivity index (χ0) is 10.6. The van der Waals surface area contributed by atoms with Crippen molar-refractivity contribution in [3.05, 3.63) is 6.92 Å². The van der Waals surface area contributed by atoms with Crippen molar-refractivity contribution in [1.29, 1.82) is 0 Å². The highest BCUT2D eigenvalue weighted by Crippen LogP contribution is 2.11. The van der Waals surface area contributed by atoms with Crippen LogP contribution in [0, 0.1) is 6.92 Å².